The summed E-state index contributed by atoms with van der Waals surface area (Å²) in [5.74, 6) is -0.327. The molecule has 1 aromatic rings. The molecule has 0 unspecified atom stereocenters. The van der Waals surface area contributed by atoms with Gasteiger partial charge in [-0.05, 0) is 17.7 Å². The SMILES string of the molecule is COCc1cccc(NC(=O)[C@@H]2CC(=O)N(CCN3CCOCC3)C2)c1. The second-order valence-corrected chi connectivity index (χ2v) is 6.82. The van der Waals surface area contributed by atoms with Gasteiger partial charge < -0.3 is 19.7 Å². The lowest BCUT2D eigenvalue weighted by molar-refractivity contribution is -0.128. The monoisotopic (exact) mass is 361 g/mol. The molecule has 26 heavy (non-hydrogen) atoms. The molecule has 2 aliphatic rings. The van der Waals surface area contributed by atoms with E-state index in [9.17, 15) is 9.59 Å². The Hall–Kier alpha value is -1.96. The zero-order valence-electron chi connectivity index (χ0n) is 15.3. The molecular formula is C19H27N3O4. The average Bonchev–Trinajstić information content (AvgIpc) is 3.02. The van der Waals surface area contributed by atoms with Gasteiger partial charge >= 0.3 is 0 Å². The molecule has 0 bridgehead atoms. The maximum Gasteiger partial charge on any atom is 0.229 e. The van der Waals surface area contributed by atoms with Crippen LogP contribution in [0.15, 0.2) is 24.3 Å². The molecule has 0 aromatic heterocycles. The minimum atomic E-state index is -0.293. The third-order valence-electron chi connectivity index (χ3n) is 4.88. The lowest BCUT2D eigenvalue weighted by Crippen LogP contribution is -2.42. The molecule has 3 rings (SSSR count). The van der Waals surface area contributed by atoms with Crippen molar-refractivity contribution in [2.24, 2.45) is 5.92 Å². The summed E-state index contributed by atoms with van der Waals surface area (Å²) in [5, 5.41) is 2.93. The first-order valence-electron chi connectivity index (χ1n) is 9.12. The van der Waals surface area contributed by atoms with E-state index in [1.54, 1.807) is 12.0 Å². The molecule has 2 saturated heterocycles. The van der Waals surface area contributed by atoms with Gasteiger partial charge in [-0.25, -0.2) is 0 Å². The van der Waals surface area contributed by atoms with E-state index in [1.165, 1.54) is 0 Å². The largest absolute Gasteiger partial charge is 0.380 e. The number of morpholine rings is 1. The number of carbonyl (C=O) groups is 2. The van der Waals surface area contributed by atoms with Gasteiger partial charge in [0.05, 0.1) is 25.7 Å². The molecule has 2 heterocycles. The Balaban J connectivity index is 1.49. The second kappa shape index (κ2) is 9.12. The van der Waals surface area contributed by atoms with E-state index in [-0.39, 0.29) is 24.2 Å². The van der Waals surface area contributed by atoms with Gasteiger partial charge in [-0.2, -0.15) is 0 Å². The van der Waals surface area contributed by atoms with Crippen molar-refractivity contribution in [1.82, 2.24) is 9.80 Å². The molecule has 2 aliphatic heterocycles. The number of hydrogen-bond donors (Lipinski definition) is 1. The number of rotatable bonds is 7. The standard InChI is InChI=1S/C19H27N3O4/c1-25-14-15-3-2-4-17(11-15)20-19(24)16-12-18(23)22(13-16)6-5-21-7-9-26-10-8-21/h2-4,11,16H,5-10,12-14H2,1H3,(H,20,24)/t16-/m1/s1. The number of nitrogens with zero attached hydrogens (tertiary/aromatic N) is 2. The molecule has 2 amide bonds. The van der Waals surface area contributed by atoms with Crippen LogP contribution in [-0.2, 0) is 25.7 Å². The summed E-state index contributed by atoms with van der Waals surface area (Å²) in [6, 6.07) is 7.59. The van der Waals surface area contributed by atoms with Crippen LogP contribution in [0.5, 0.6) is 0 Å². The first-order chi connectivity index (χ1) is 12.7. The van der Waals surface area contributed by atoms with Gasteiger partial charge in [0.2, 0.25) is 11.8 Å². The fourth-order valence-corrected chi connectivity index (χ4v) is 3.40. The van der Waals surface area contributed by atoms with Crippen molar-refractivity contribution in [2.75, 3.05) is 58.4 Å². The first kappa shape index (κ1) is 18.8. The molecule has 7 heteroatoms. The number of benzene rings is 1. The van der Waals surface area contributed by atoms with Gasteiger partial charge in [0, 0.05) is 51.9 Å². The van der Waals surface area contributed by atoms with E-state index in [1.807, 2.05) is 24.3 Å². The summed E-state index contributed by atoms with van der Waals surface area (Å²) >= 11 is 0. The Bertz CT molecular complexity index is 631. The van der Waals surface area contributed by atoms with Crippen LogP contribution in [0.1, 0.15) is 12.0 Å². The summed E-state index contributed by atoms with van der Waals surface area (Å²) in [7, 11) is 1.64. The smallest absolute Gasteiger partial charge is 0.229 e. The maximum absolute atomic E-state index is 12.5. The van der Waals surface area contributed by atoms with Gasteiger partial charge in [0.1, 0.15) is 0 Å². The Kier molecular flexibility index (Phi) is 6.60. The predicted molar refractivity (Wildman–Crippen MR) is 97.7 cm³/mol. The van der Waals surface area contributed by atoms with E-state index >= 15 is 0 Å². The van der Waals surface area contributed by atoms with E-state index < -0.39 is 0 Å². The summed E-state index contributed by atoms with van der Waals surface area (Å²) in [5.41, 5.74) is 1.74. The summed E-state index contributed by atoms with van der Waals surface area (Å²) < 4.78 is 10.5. The van der Waals surface area contributed by atoms with E-state index in [0.717, 1.165) is 44.1 Å². The van der Waals surface area contributed by atoms with Crippen LogP contribution in [0.25, 0.3) is 0 Å². The van der Waals surface area contributed by atoms with E-state index in [2.05, 4.69) is 10.2 Å². The van der Waals surface area contributed by atoms with Crippen molar-refractivity contribution < 1.29 is 19.1 Å². The van der Waals surface area contributed by atoms with Crippen molar-refractivity contribution in [2.45, 2.75) is 13.0 Å². The summed E-state index contributed by atoms with van der Waals surface area (Å²) in [4.78, 5) is 28.9. The van der Waals surface area contributed by atoms with Crippen molar-refractivity contribution in [3.8, 4) is 0 Å². The topological polar surface area (TPSA) is 71.1 Å². The fraction of sp³-hybridized carbons (Fsp3) is 0.579. The predicted octanol–water partition coefficient (Wildman–Crippen LogP) is 0.952. The molecule has 1 atom stereocenters. The third-order valence-corrected chi connectivity index (χ3v) is 4.88. The Morgan fingerprint density at radius 2 is 2.12 bits per heavy atom. The van der Waals surface area contributed by atoms with Crippen LogP contribution in [0.4, 0.5) is 5.69 Å². The number of hydrogen-bond acceptors (Lipinski definition) is 5. The van der Waals surface area contributed by atoms with Gasteiger partial charge in [-0.1, -0.05) is 12.1 Å². The van der Waals surface area contributed by atoms with Crippen molar-refractivity contribution in [3.63, 3.8) is 0 Å². The molecule has 0 saturated carbocycles. The van der Waals surface area contributed by atoms with Gasteiger partial charge in [-0.3, -0.25) is 14.5 Å². The highest BCUT2D eigenvalue weighted by Gasteiger charge is 2.34. The lowest BCUT2D eigenvalue weighted by Gasteiger charge is -2.28. The number of anilines is 1. The van der Waals surface area contributed by atoms with Crippen LogP contribution in [0.3, 0.4) is 0 Å². The summed E-state index contributed by atoms with van der Waals surface area (Å²) in [6.45, 7) is 5.82. The maximum atomic E-state index is 12.5. The Morgan fingerprint density at radius 1 is 1.31 bits per heavy atom. The first-order valence-corrected chi connectivity index (χ1v) is 9.12. The quantitative estimate of drug-likeness (QED) is 0.783. The molecule has 0 spiro atoms. The zero-order valence-corrected chi connectivity index (χ0v) is 15.3. The van der Waals surface area contributed by atoms with Crippen molar-refractivity contribution >= 4 is 17.5 Å². The van der Waals surface area contributed by atoms with E-state index in [0.29, 0.717) is 19.7 Å². The minimum Gasteiger partial charge on any atom is -0.380 e. The van der Waals surface area contributed by atoms with Gasteiger partial charge in [0.25, 0.3) is 0 Å². The minimum absolute atomic E-state index is 0.0616. The van der Waals surface area contributed by atoms with Crippen molar-refractivity contribution in [1.29, 1.82) is 0 Å². The van der Waals surface area contributed by atoms with Crippen LogP contribution in [0.2, 0.25) is 0 Å². The molecule has 1 aromatic carbocycles. The molecule has 7 nitrogen and oxygen atoms in total. The summed E-state index contributed by atoms with van der Waals surface area (Å²) in [6.07, 6.45) is 0.284. The van der Waals surface area contributed by atoms with E-state index in [4.69, 9.17) is 9.47 Å². The molecule has 0 radical (unpaired) electrons. The number of carbonyl (C=O) groups excluding carboxylic acids is 2. The van der Waals surface area contributed by atoms with Gasteiger partial charge in [0.15, 0.2) is 0 Å². The molecule has 142 valence electrons. The molecule has 1 N–H and O–H groups in total. The Labute approximate surface area is 154 Å². The van der Waals surface area contributed by atoms with Crippen LogP contribution >= 0.6 is 0 Å². The van der Waals surface area contributed by atoms with Crippen LogP contribution in [0, 0.1) is 5.92 Å². The fourth-order valence-electron chi connectivity index (χ4n) is 3.40. The van der Waals surface area contributed by atoms with Crippen LogP contribution in [-0.4, -0.2) is 74.7 Å². The lowest BCUT2D eigenvalue weighted by atomic mass is 10.1. The number of ether oxygens (including phenoxy) is 2. The highest BCUT2D eigenvalue weighted by Crippen LogP contribution is 2.20. The normalized spacial score (nSPS) is 21.2. The van der Waals surface area contributed by atoms with Crippen LogP contribution < -0.4 is 5.32 Å². The molecule has 0 aliphatic carbocycles. The second-order valence-electron chi connectivity index (χ2n) is 6.82. The number of amides is 2. The number of likely N-dealkylation sites (tertiary alicyclic amines) is 1. The Morgan fingerprint density at radius 3 is 2.88 bits per heavy atom. The van der Waals surface area contributed by atoms with Crippen molar-refractivity contribution in [3.05, 3.63) is 29.8 Å². The molecule has 2 fully saturated rings. The number of methoxy groups -OCH3 is 1. The highest BCUT2D eigenvalue weighted by atomic mass is 16.5. The number of nitrogens with one attached hydrogen (secondary N) is 1. The van der Waals surface area contributed by atoms with Gasteiger partial charge in [-0.15, -0.1) is 0 Å². The molecular weight excluding hydrogens is 334 g/mol. The highest BCUT2D eigenvalue weighted by molar-refractivity contribution is 5.97. The average molecular weight is 361 g/mol. The third kappa shape index (κ3) is 5.03. The zero-order chi connectivity index (χ0) is 18.4.